The quantitative estimate of drug-likeness (QED) is 0.817. The molecule has 1 aromatic carbocycles. The number of benzene rings is 1. The lowest BCUT2D eigenvalue weighted by molar-refractivity contribution is 0.258. The highest BCUT2D eigenvalue weighted by atomic mass is 32.2. The van der Waals surface area contributed by atoms with Crippen molar-refractivity contribution >= 4 is 15.7 Å². The average Bonchev–Trinajstić information content (AvgIpc) is 2.49. The van der Waals surface area contributed by atoms with Gasteiger partial charge in [-0.3, -0.25) is 0 Å². The fourth-order valence-electron chi connectivity index (χ4n) is 2.57. The Kier molecular flexibility index (Phi) is 5.47. The van der Waals surface area contributed by atoms with Crippen LogP contribution in [0.4, 0.5) is 5.69 Å². The van der Waals surface area contributed by atoms with Gasteiger partial charge in [-0.2, -0.15) is 0 Å². The van der Waals surface area contributed by atoms with E-state index in [1.54, 1.807) is 28.6 Å². The van der Waals surface area contributed by atoms with Gasteiger partial charge in [0.25, 0.3) is 0 Å². The van der Waals surface area contributed by atoms with E-state index in [9.17, 15) is 8.42 Å². The van der Waals surface area contributed by atoms with Crippen molar-refractivity contribution in [1.82, 2.24) is 4.31 Å². The first-order chi connectivity index (χ1) is 10.0. The van der Waals surface area contributed by atoms with Crippen LogP contribution in [-0.4, -0.2) is 38.2 Å². The maximum absolute atomic E-state index is 12.3. The van der Waals surface area contributed by atoms with Crippen molar-refractivity contribution in [2.45, 2.75) is 26.2 Å². The van der Waals surface area contributed by atoms with E-state index in [0.29, 0.717) is 30.4 Å². The van der Waals surface area contributed by atoms with Gasteiger partial charge in [0, 0.05) is 18.8 Å². The van der Waals surface area contributed by atoms with E-state index in [0.717, 1.165) is 19.3 Å². The van der Waals surface area contributed by atoms with Crippen molar-refractivity contribution in [2.24, 2.45) is 5.92 Å². The monoisotopic (exact) mass is 312 g/mol. The van der Waals surface area contributed by atoms with E-state index in [4.69, 9.17) is 10.5 Å². The van der Waals surface area contributed by atoms with Crippen LogP contribution in [0.2, 0.25) is 0 Å². The molecular weight excluding hydrogens is 288 g/mol. The van der Waals surface area contributed by atoms with Crippen molar-refractivity contribution in [3.63, 3.8) is 0 Å². The molecule has 0 amide bonds. The number of piperidine rings is 1. The van der Waals surface area contributed by atoms with E-state index < -0.39 is 10.0 Å². The largest absolute Gasteiger partial charge is 0.492 e. The topological polar surface area (TPSA) is 72.6 Å². The first kappa shape index (κ1) is 16.1. The zero-order valence-electron chi connectivity index (χ0n) is 12.5. The number of nitrogens with two attached hydrogens (primary N) is 1. The summed E-state index contributed by atoms with van der Waals surface area (Å²) in [5.74, 6) is 1.16. The number of hydrogen-bond acceptors (Lipinski definition) is 4. The van der Waals surface area contributed by atoms with Crippen molar-refractivity contribution in [1.29, 1.82) is 0 Å². The van der Waals surface area contributed by atoms with E-state index in [2.05, 4.69) is 6.92 Å². The fraction of sp³-hybridized carbons (Fsp3) is 0.600. The van der Waals surface area contributed by atoms with Gasteiger partial charge in [0.05, 0.1) is 5.75 Å². The van der Waals surface area contributed by atoms with Crippen LogP contribution < -0.4 is 10.5 Å². The maximum Gasteiger partial charge on any atom is 0.217 e. The number of hydrogen-bond donors (Lipinski definition) is 1. The van der Waals surface area contributed by atoms with Crippen LogP contribution in [0.3, 0.4) is 0 Å². The highest BCUT2D eigenvalue weighted by Gasteiger charge is 2.27. The van der Waals surface area contributed by atoms with Crippen LogP contribution in [0.5, 0.6) is 5.75 Å². The number of ether oxygens (including phenoxy) is 1. The molecular formula is C15H24N2O3S. The zero-order chi connectivity index (χ0) is 15.3. The molecule has 1 aliphatic heterocycles. The Morgan fingerprint density at radius 3 is 2.71 bits per heavy atom. The number of nitrogens with zero attached hydrogens (tertiary/aromatic N) is 1. The lowest BCUT2D eigenvalue weighted by Gasteiger charge is -2.31. The Hall–Kier alpha value is -1.27. The molecule has 0 spiro atoms. The second-order valence-corrected chi connectivity index (χ2v) is 7.60. The number of sulfonamides is 1. The molecule has 0 bridgehead atoms. The van der Waals surface area contributed by atoms with E-state index in [-0.39, 0.29) is 12.4 Å². The summed E-state index contributed by atoms with van der Waals surface area (Å²) in [5.41, 5.74) is 6.25. The molecule has 2 N–H and O–H groups in total. The summed E-state index contributed by atoms with van der Waals surface area (Å²) in [5, 5.41) is 0. The van der Waals surface area contributed by atoms with Gasteiger partial charge in [0.15, 0.2) is 0 Å². The van der Waals surface area contributed by atoms with Gasteiger partial charge in [0.2, 0.25) is 10.0 Å². The second kappa shape index (κ2) is 7.13. The molecule has 0 aliphatic carbocycles. The normalized spacial score (nSPS) is 20.3. The minimum atomic E-state index is -3.22. The van der Waals surface area contributed by atoms with Crippen LogP contribution in [0.1, 0.15) is 26.2 Å². The summed E-state index contributed by atoms with van der Waals surface area (Å²) in [6.07, 6.45) is 3.12. The molecule has 1 fully saturated rings. The Morgan fingerprint density at radius 1 is 1.33 bits per heavy atom. The second-order valence-electron chi connectivity index (χ2n) is 5.51. The van der Waals surface area contributed by atoms with Gasteiger partial charge in [-0.05, 0) is 43.0 Å². The van der Waals surface area contributed by atoms with E-state index in [1.165, 1.54) is 0 Å². The lowest BCUT2D eigenvalue weighted by Crippen LogP contribution is -2.41. The third kappa shape index (κ3) is 4.61. The van der Waals surface area contributed by atoms with E-state index >= 15 is 0 Å². The van der Waals surface area contributed by atoms with Crippen molar-refractivity contribution in [3.05, 3.63) is 24.3 Å². The molecule has 0 aromatic heterocycles. The molecule has 1 unspecified atom stereocenters. The van der Waals surface area contributed by atoms with Gasteiger partial charge in [0.1, 0.15) is 12.4 Å². The zero-order valence-corrected chi connectivity index (χ0v) is 13.3. The summed E-state index contributed by atoms with van der Waals surface area (Å²) in [6.45, 7) is 3.58. The van der Waals surface area contributed by atoms with Crippen LogP contribution in [0.15, 0.2) is 24.3 Å². The van der Waals surface area contributed by atoms with E-state index in [1.807, 2.05) is 0 Å². The molecule has 1 heterocycles. The van der Waals surface area contributed by atoms with Crippen molar-refractivity contribution in [3.8, 4) is 5.75 Å². The molecule has 0 radical (unpaired) electrons. The fourth-order valence-corrected chi connectivity index (χ4v) is 3.97. The number of anilines is 1. The molecule has 6 heteroatoms. The molecule has 0 saturated carbocycles. The van der Waals surface area contributed by atoms with Gasteiger partial charge in [-0.1, -0.05) is 13.3 Å². The SMILES string of the molecule is CCC1CCCN(S(=O)(=O)CCOc2ccc(N)cc2)C1. The van der Waals surface area contributed by atoms with Gasteiger partial charge in [-0.25, -0.2) is 12.7 Å². The highest BCUT2D eigenvalue weighted by Crippen LogP contribution is 2.21. The Balaban J connectivity index is 1.84. The summed E-state index contributed by atoms with van der Waals surface area (Å²) < 4.78 is 31.7. The highest BCUT2D eigenvalue weighted by molar-refractivity contribution is 7.89. The molecule has 1 aromatic rings. The third-order valence-electron chi connectivity index (χ3n) is 3.94. The Labute approximate surface area is 127 Å². The molecule has 1 saturated heterocycles. The van der Waals surface area contributed by atoms with Crippen LogP contribution >= 0.6 is 0 Å². The predicted molar refractivity (Wildman–Crippen MR) is 84.7 cm³/mol. The molecule has 1 atom stereocenters. The molecule has 2 rings (SSSR count). The van der Waals surface area contributed by atoms with Crippen LogP contribution in [0, 0.1) is 5.92 Å². The number of nitrogen functional groups attached to an aromatic ring is 1. The van der Waals surface area contributed by atoms with Gasteiger partial charge >= 0.3 is 0 Å². The number of rotatable bonds is 6. The third-order valence-corrected chi connectivity index (χ3v) is 5.74. The average molecular weight is 312 g/mol. The standard InChI is InChI=1S/C15H24N2O3S/c1-2-13-4-3-9-17(12-13)21(18,19)11-10-20-15-7-5-14(16)6-8-15/h5-8,13H,2-4,9-12,16H2,1H3. The summed E-state index contributed by atoms with van der Waals surface area (Å²) >= 11 is 0. The Bertz CT molecular complexity index is 543. The predicted octanol–water partition coefficient (Wildman–Crippen LogP) is 2.10. The minimum Gasteiger partial charge on any atom is -0.492 e. The van der Waals surface area contributed by atoms with Gasteiger partial charge < -0.3 is 10.5 Å². The smallest absolute Gasteiger partial charge is 0.217 e. The Morgan fingerprint density at radius 2 is 2.05 bits per heavy atom. The molecule has 1 aliphatic rings. The first-order valence-electron chi connectivity index (χ1n) is 7.47. The van der Waals surface area contributed by atoms with Crippen LogP contribution in [0.25, 0.3) is 0 Å². The maximum atomic E-state index is 12.3. The first-order valence-corrected chi connectivity index (χ1v) is 9.08. The van der Waals surface area contributed by atoms with Crippen LogP contribution in [-0.2, 0) is 10.0 Å². The molecule has 118 valence electrons. The lowest BCUT2D eigenvalue weighted by atomic mass is 9.97. The summed E-state index contributed by atoms with van der Waals surface area (Å²) in [6, 6.07) is 6.96. The summed E-state index contributed by atoms with van der Waals surface area (Å²) in [4.78, 5) is 0. The van der Waals surface area contributed by atoms with Crippen molar-refractivity contribution in [2.75, 3.05) is 31.2 Å². The minimum absolute atomic E-state index is 0.0216. The van der Waals surface area contributed by atoms with Gasteiger partial charge in [-0.15, -0.1) is 0 Å². The summed E-state index contributed by atoms with van der Waals surface area (Å²) in [7, 11) is -3.22. The molecule has 21 heavy (non-hydrogen) atoms. The molecule has 5 nitrogen and oxygen atoms in total. The van der Waals surface area contributed by atoms with Crippen molar-refractivity contribution < 1.29 is 13.2 Å².